The number of hydrogen-bond acceptors (Lipinski definition) is 7. The number of carboxylic acid groups (broad SMARTS) is 1. The second kappa shape index (κ2) is 10.7. The molecule has 1 aliphatic heterocycles. The molecule has 4 fully saturated rings. The Bertz CT molecular complexity index is 1200. The lowest BCUT2D eigenvalue weighted by molar-refractivity contribution is -0.266. The Labute approximate surface area is 257 Å². The molecule has 0 aromatic heterocycles. The first-order chi connectivity index (χ1) is 19.9. The Morgan fingerprint density at radius 3 is 2.35 bits per heavy atom. The minimum Gasteiger partial charge on any atom is -0.481 e. The Morgan fingerprint density at radius 1 is 1.09 bits per heavy atom. The Hall–Kier alpha value is -1.77. The van der Waals surface area contributed by atoms with Gasteiger partial charge in [0.15, 0.2) is 5.78 Å². The molecule has 0 amide bonds. The summed E-state index contributed by atoms with van der Waals surface area (Å²) in [6.45, 7) is 19.5. The summed E-state index contributed by atoms with van der Waals surface area (Å²) in [6.07, 6.45) is 4.85. The maximum atomic E-state index is 14.7. The predicted octanol–water partition coefficient (Wildman–Crippen LogP) is 5.42. The number of carbonyl (C=O) groups excluding carboxylic acids is 2. The first kappa shape index (κ1) is 32.6. The van der Waals surface area contributed by atoms with Crippen LogP contribution in [0.1, 0.15) is 94.4 Å². The molecule has 5 rings (SSSR count). The van der Waals surface area contributed by atoms with Gasteiger partial charge in [-0.15, -0.1) is 0 Å². The van der Waals surface area contributed by atoms with Crippen LogP contribution < -0.4 is 5.73 Å². The third-order valence-electron chi connectivity index (χ3n) is 13.8. The quantitative estimate of drug-likeness (QED) is 0.371. The fourth-order valence-electron chi connectivity index (χ4n) is 11.2. The van der Waals surface area contributed by atoms with Gasteiger partial charge in [0.05, 0.1) is 25.7 Å². The number of nitrogens with two attached hydrogens (primary N) is 1. The number of ketones is 1. The number of fused-ring (bicyclic) bond motifs is 3. The van der Waals surface area contributed by atoms with Crippen molar-refractivity contribution in [2.75, 3.05) is 19.8 Å². The van der Waals surface area contributed by atoms with Gasteiger partial charge in [-0.2, -0.15) is 0 Å². The maximum absolute atomic E-state index is 14.7. The van der Waals surface area contributed by atoms with Crippen LogP contribution >= 0.6 is 0 Å². The number of hydrogen-bond donors (Lipinski definition) is 2. The van der Waals surface area contributed by atoms with E-state index in [1.807, 2.05) is 19.9 Å². The van der Waals surface area contributed by atoms with Crippen LogP contribution in [0.2, 0.25) is 0 Å². The maximum Gasteiger partial charge on any atom is 0.308 e. The normalized spacial score (nSPS) is 47.0. The number of rotatable bonds is 7. The van der Waals surface area contributed by atoms with E-state index in [4.69, 9.17) is 19.9 Å². The predicted molar refractivity (Wildman–Crippen MR) is 163 cm³/mol. The summed E-state index contributed by atoms with van der Waals surface area (Å²) in [5, 5.41) is 10.9. The topological polar surface area (TPSA) is 125 Å². The molecule has 8 heteroatoms. The molecule has 4 aliphatic carbocycles. The number of esters is 1. The molecule has 5 aliphatic rings. The summed E-state index contributed by atoms with van der Waals surface area (Å²) < 4.78 is 18.9. The lowest BCUT2D eigenvalue weighted by Gasteiger charge is -2.70. The molecule has 1 unspecified atom stereocenters. The van der Waals surface area contributed by atoms with Crippen LogP contribution in [0.25, 0.3) is 0 Å². The van der Waals surface area contributed by atoms with Crippen LogP contribution in [0.4, 0.5) is 0 Å². The zero-order chi connectivity index (χ0) is 31.9. The van der Waals surface area contributed by atoms with Crippen molar-refractivity contribution in [2.45, 2.75) is 113 Å². The van der Waals surface area contributed by atoms with Gasteiger partial charge in [0.25, 0.3) is 0 Å². The monoisotopic (exact) mass is 601 g/mol. The lowest BCUT2D eigenvalue weighted by Crippen LogP contribution is -2.71. The van der Waals surface area contributed by atoms with E-state index in [9.17, 15) is 19.5 Å². The van der Waals surface area contributed by atoms with Crippen molar-refractivity contribution in [1.29, 1.82) is 0 Å². The molecule has 2 bridgehead atoms. The van der Waals surface area contributed by atoms with Crippen LogP contribution in [0.5, 0.6) is 0 Å². The molecule has 1 saturated heterocycles. The van der Waals surface area contributed by atoms with E-state index < -0.39 is 45.1 Å². The first-order valence-corrected chi connectivity index (χ1v) is 16.5. The van der Waals surface area contributed by atoms with E-state index in [1.165, 1.54) is 6.92 Å². The van der Waals surface area contributed by atoms with Gasteiger partial charge in [0.2, 0.25) is 0 Å². The standard InChI is InChI=1S/C35H55NO7/c1-19(2)21(4)31(6)12-13-33(8)23-10-11-26-32(7)17-41-18-35(26,15-25(43-22(5)37)29(32)42-16-20(3)36)24(23)14-27(38)34(33,9)28(31)30(39)40/h14,19-21,23,25-26,28-29H,10-13,15-18,36H2,1-9H3,(H,39,40)/t20?,21-,23+,25-,26+,28-,29+,31-,32+,33-,34+,35-/m1/s1. The van der Waals surface area contributed by atoms with Crippen LogP contribution in [-0.4, -0.2) is 60.9 Å². The molecular weight excluding hydrogens is 546 g/mol. The second-order valence-electron chi connectivity index (χ2n) is 16.3. The SMILES string of the molecule is CC(=O)O[C@@H]1C[C@]23COC[C@@](C)([C@@H]2CC[C@H]2C3=CC(=O)[C@@]3(C)[C@H](C(=O)O)[C@@](C)([C@H](C)C(C)C)CC[C@]23C)[C@H]1OCC(C)N. The van der Waals surface area contributed by atoms with Gasteiger partial charge in [-0.1, -0.05) is 54.0 Å². The smallest absolute Gasteiger partial charge is 0.308 e. The van der Waals surface area contributed by atoms with E-state index in [1.54, 1.807) is 0 Å². The summed E-state index contributed by atoms with van der Waals surface area (Å²) in [6, 6.07) is -0.164. The van der Waals surface area contributed by atoms with E-state index in [0.717, 1.165) is 31.3 Å². The van der Waals surface area contributed by atoms with E-state index in [0.29, 0.717) is 32.2 Å². The van der Waals surface area contributed by atoms with Crippen molar-refractivity contribution in [3.05, 3.63) is 11.6 Å². The number of ether oxygens (including phenoxy) is 3. The Kier molecular flexibility index (Phi) is 8.08. The number of carboxylic acids is 1. The lowest BCUT2D eigenvalue weighted by atomic mass is 9.34. The average Bonchev–Trinajstić information content (AvgIpc) is 2.89. The molecule has 43 heavy (non-hydrogen) atoms. The van der Waals surface area contributed by atoms with Gasteiger partial charge < -0.3 is 25.1 Å². The molecule has 3 N–H and O–H groups in total. The molecule has 3 saturated carbocycles. The summed E-state index contributed by atoms with van der Waals surface area (Å²) in [7, 11) is 0. The molecular formula is C35H55NO7. The zero-order valence-corrected chi connectivity index (χ0v) is 27.8. The molecule has 1 heterocycles. The molecule has 242 valence electrons. The fraction of sp³-hybridized carbons (Fsp3) is 0.857. The minimum absolute atomic E-state index is 0.0395. The van der Waals surface area contributed by atoms with Crippen LogP contribution in [-0.2, 0) is 28.6 Å². The number of carbonyl (C=O) groups is 3. The highest BCUT2D eigenvalue weighted by Gasteiger charge is 2.74. The van der Waals surface area contributed by atoms with E-state index >= 15 is 0 Å². The van der Waals surface area contributed by atoms with Crippen molar-refractivity contribution in [3.8, 4) is 0 Å². The molecule has 8 nitrogen and oxygen atoms in total. The van der Waals surface area contributed by atoms with Crippen LogP contribution in [0.3, 0.4) is 0 Å². The van der Waals surface area contributed by atoms with Crippen LogP contribution in [0, 0.1) is 56.7 Å². The summed E-state index contributed by atoms with van der Waals surface area (Å²) in [5.41, 5.74) is 4.16. The molecule has 0 aromatic carbocycles. The van der Waals surface area contributed by atoms with Gasteiger partial charge in [-0.25, -0.2) is 0 Å². The highest BCUT2D eigenvalue weighted by atomic mass is 16.6. The number of allylic oxidation sites excluding steroid dienone is 1. The summed E-state index contributed by atoms with van der Waals surface area (Å²) in [4.78, 5) is 40.4. The third kappa shape index (κ3) is 4.43. The number of aliphatic carboxylic acids is 1. The van der Waals surface area contributed by atoms with Gasteiger partial charge >= 0.3 is 11.9 Å². The third-order valence-corrected chi connectivity index (χ3v) is 13.8. The van der Waals surface area contributed by atoms with E-state index in [2.05, 4.69) is 41.5 Å². The fourth-order valence-corrected chi connectivity index (χ4v) is 11.2. The van der Waals surface area contributed by atoms with Crippen molar-refractivity contribution in [2.24, 2.45) is 62.4 Å². The molecule has 0 aromatic rings. The van der Waals surface area contributed by atoms with Crippen molar-refractivity contribution >= 4 is 17.7 Å². The highest BCUT2D eigenvalue weighted by molar-refractivity contribution is 6.00. The molecule has 0 radical (unpaired) electrons. The summed E-state index contributed by atoms with van der Waals surface area (Å²) in [5.74, 6) is -1.43. The van der Waals surface area contributed by atoms with Crippen molar-refractivity contribution in [1.82, 2.24) is 0 Å². The largest absolute Gasteiger partial charge is 0.481 e. The molecule has 0 spiro atoms. The average molecular weight is 602 g/mol. The van der Waals surface area contributed by atoms with Crippen molar-refractivity contribution in [3.63, 3.8) is 0 Å². The minimum atomic E-state index is -1.04. The second-order valence-corrected chi connectivity index (χ2v) is 16.3. The van der Waals surface area contributed by atoms with Gasteiger partial charge in [-0.05, 0) is 79.6 Å². The Balaban J connectivity index is 1.64. The zero-order valence-electron chi connectivity index (χ0n) is 27.8. The highest BCUT2D eigenvalue weighted by Crippen LogP contribution is 2.74. The van der Waals surface area contributed by atoms with Gasteiger partial charge in [-0.3, -0.25) is 14.4 Å². The Morgan fingerprint density at radius 2 is 1.77 bits per heavy atom. The summed E-state index contributed by atoms with van der Waals surface area (Å²) >= 11 is 0. The van der Waals surface area contributed by atoms with Crippen LogP contribution in [0.15, 0.2) is 11.6 Å². The molecule has 12 atom stereocenters. The van der Waals surface area contributed by atoms with Gasteiger partial charge in [0, 0.05) is 29.2 Å². The van der Waals surface area contributed by atoms with Gasteiger partial charge in [0.1, 0.15) is 12.2 Å². The van der Waals surface area contributed by atoms with E-state index in [-0.39, 0.29) is 41.7 Å². The van der Waals surface area contributed by atoms with Crippen molar-refractivity contribution < 1.29 is 33.7 Å². The first-order valence-electron chi connectivity index (χ1n) is 16.5.